The van der Waals surface area contributed by atoms with Crippen LogP contribution in [0, 0.1) is 0 Å². The van der Waals surface area contributed by atoms with Crippen LogP contribution < -0.4 is 14.6 Å². The molecule has 3 heterocycles. The summed E-state index contributed by atoms with van der Waals surface area (Å²) in [6, 6.07) is 10.6. The Balaban J connectivity index is 1.33. The molecule has 0 unspecified atom stereocenters. The topological polar surface area (TPSA) is 117 Å². The van der Waals surface area contributed by atoms with Crippen LogP contribution in [0.2, 0.25) is 0 Å². The number of primary sulfonamides is 1. The number of aryl methyl sites for hydroxylation is 2. The highest BCUT2D eigenvalue weighted by Crippen LogP contribution is 2.38. The summed E-state index contributed by atoms with van der Waals surface area (Å²) in [5.41, 5.74) is 2.45. The number of amides is 1. The number of ether oxygens (including phenoxy) is 2. The molecule has 1 amide bonds. The zero-order valence-corrected chi connectivity index (χ0v) is 19.9. The third-order valence-corrected chi connectivity index (χ3v) is 7.44. The predicted octanol–water partition coefficient (Wildman–Crippen LogP) is 2.77. The van der Waals surface area contributed by atoms with E-state index in [0.717, 1.165) is 47.8 Å². The van der Waals surface area contributed by atoms with Crippen LogP contribution in [0.15, 0.2) is 41.3 Å². The Labute approximate surface area is 198 Å². The maximum atomic E-state index is 13.2. The van der Waals surface area contributed by atoms with Gasteiger partial charge in [-0.3, -0.25) is 4.79 Å². The molecule has 5 rings (SSSR count). The molecule has 0 aliphatic carbocycles. The molecule has 1 atom stereocenters. The fourth-order valence-electron chi connectivity index (χ4n) is 4.92. The summed E-state index contributed by atoms with van der Waals surface area (Å²) in [5, 5.41) is 5.26. The minimum atomic E-state index is -3.81. The Hall–Kier alpha value is -3.11. The molecule has 2 aromatic carbocycles. The summed E-state index contributed by atoms with van der Waals surface area (Å²) >= 11 is 0. The molecule has 0 radical (unpaired) electrons. The van der Waals surface area contributed by atoms with Gasteiger partial charge in [0.2, 0.25) is 15.9 Å². The number of sulfonamides is 1. The van der Waals surface area contributed by atoms with Crippen molar-refractivity contribution in [3.05, 3.63) is 47.8 Å². The van der Waals surface area contributed by atoms with E-state index in [1.807, 2.05) is 34.6 Å². The van der Waals surface area contributed by atoms with Crippen LogP contribution in [0.5, 0.6) is 11.5 Å². The lowest BCUT2D eigenvalue weighted by Crippen LogP contribution is -2.31. The number of carbonyl (C=O) groups excluding carboxylic acids is 1. The first-order valence-electron chi connectivity index (χ1n) is 11.6. The van der Waals surface area contributed by atoms with Crippen LogP contribution in [0.25, 0.3) is 11.0 Å². The number of hydrogen-bond acceptors (Lipinski definition) is 6. The SMILES string of the molecule is CCn1c(CCC(=O)N2CCC[C@H]2c2ccc3c(c2)OCCO3)nc2cc(S(N)(=O)=O)ccc21. The van der Waals surface area contributed by atoms with E-state index in [4.69, 9.17) is 14.6 Å². The van der Waals surface area contributed by atoms with E-state index in [2.05, 4.69) is 4.98 Å². The molecule has 34 heavy (non-hydrogen) atoms. The molecule has 2 aliphatic rings. The van der Waals surface area contributed by atoms with Crippen LogP contribution in [-0.2, 0) is 27.8 Å². The molecule has 3 aromatic rings. The summed E-state index contributed by atoms with van der Waals surface area (Å²) in [5.74, 6) is 2.32. The van der Waals surface area contributed by atoms with Crippen molar-refractivity contribution < 1.29 is 22.7 Å². The van der Waals surface area contributed by atoms with E-state index in [-0.39, 0.29) is 16.8 Å². The van der Waals surface area contributed by atoms with Crippen molar-refractivity contribution >= 4 is 27.0 Å². The van der Waals surface area contributed by atoms with E-state index in [0.29, 0.717) is 38.1 Å². The minimum absolute atomic E-state index is 0.0191. The zero-order valence-electron chi connectivity index (χ0n) is 19.1. The van der Waals surface area contributed by atoms with Gasteiger partial charge in [-0.2, -0.15) is 0 Å². The van der Waals surface area contributed by atoms with Crippen LogP contribution in [-0.4, -0.2) is 48.5 Å². The lowest BCUT2D eigenvalue weighted by atomic mass is 10.0. The number of nitrogens with zero attached hydrogens (tertiary/aromatic N) is 3. The van der Waals surface area contributed by atoms with Gasteiger partial charge < -0.3 is 18.9 Å². The van der Waals surface area contributed by atoms with Crippen molar-refractivity contribution in [1.82, 2.24) is 14.5 Å². The quantitative estimate of drug-likeness (QED) is 0.575. The number of rotatable bonds is 6. The summed E-state index contributed by atoms with van der Waals surface area (Å²) in [6.07, 6.45) is 2.66. The lowest BCUT2D eigenvalue weighted by molar-refractivity contribution is -0.132. The maximum Gasteiger partial charge on any atom is 0.238 e. The van der Waals surface area contributed by atoms with E-state index in [1.165, 1.54) is 12.1 Å². The minimum Gasteiger partial charge on any atom is -0.486 e. The van der Waals surface area contributed by atoms with Crippen molar-refractivity contribution in [3.8, 4) is 11.5 Å². The molecule has 9 nitrogen and oxygen atoms in total. The Bertz CT molecular complexity index is 1350. The van der Waals surface area contributed by atoms with Crippen LogP contribution in [0.3, 0.4) is 0 Å². The molecule has 2 N–H and O–H groups in total. The summed E-state index contributed by atoms with van der Waals surface area (Å²) in [6.45, 7) is 4.46. The number of fused-ring (bicyclic) bond motifs is 2. The molecule has 1 saturated heterocycles. The number of hydrogen-bond donors (Lipinski definition) is 1. The Morgan fingerprint density at radius 2 is 1.94 bits per heavy atom. The molecule has 0 bridgehead atoms. The van der Waals surface area contributed by atoms with E-state index >= 15 is 0 Å². The molecular weight excluding hydrogens is 456 g/mol. The van der Waals surface area contributed by atoms with Crippen molar-refractivity contribution in [3.63, 3.8) is 0 Å². The van der Waals surface area contributed by atoms with Gasteiger partial charge in [0.1, 0.15) is 19.0 Å². The zero-order chi connectivity index (χ0) is 23.9. The third-order valence-electron chi connectivity index (χ3n) is 6.53. The van der Waals surface area contributed by atoms with Crippen LogP contribution >= 0.6 is 0 Å². The second-order valence-corrected chi connectivity index (χ2v) is 10.2. The number of likely N-dealkylation sites (tertiary alicyclic amines) is 1. The van der Waals surface area contributed by atoms with Gasteiger partial charge in [0.05, 0.1) is 22.0 Å². The molecule has 2 aliphatic heterocycles. The highest BCUT2D eigenvalue weighted by Gasteiger charge is 2.31. The molecule has 10 heteroatoms. The van der Waals surface area contributed by atoms with Gasteiger partial charge in [-0.1, -0.05) is 6.07 Å². The highest BCUT2D eigenvalue weighted by atomic mass is 32.2. The predicted molar refractivity (Wildman–Crippen MR) is 126 cm³/mol. The van der Waals surface area contributed by atoms with Gasteiger partial charge in [0, 0.05) is 25.9 Å². The van der Waals surface area contributed by atoms with Gasteiger partial charge in [0.15, 0.2) is 11.5 Å². The molecule has 1 aromatic heterocycles. The fraction of sp³-hybridized carbons (Fsp3) is 0.417. The normalized spacial score (nSPS) is 17.9. The number of carbonyl (C=O) groups is 1. The van der Waals surface area contributed by atoms with Crippen molar-refractivity contribution in [2.45, 2.75) is 50.1 Å². The maximum absolute atomic E-state index is 13.2. The molecule has 0 spiro atoms. The summed E-state index contributed by atoms with van der Waals surface area (Å²) in [7, 11) is -3.81. The second kappa shape index (κ2) is 8.92. The number of benzene rings is 2. The highest BCUT2D eigenvalue weighted by molar-refractivity contribution is 7.89. The van der Waals surface area contributed by atoms with Gasteiger partial charge >= 0.3 is 0 Å². The Morgan fingerprint density at radius 3 is 2.71 bits per heavy atom. The van der Waals surface area contributed by atoms with Crippen LogP contribution in [0.1, 0.15) is 43.6 Å². The molecular formula is C24H28N4O5S. The van der Waals surface area contributed by atoms with E-state index in [1.54, 1.807) is 6.07 Å². The summed E-state index contributed by atoms with van der Waals surface area (Å²) in [4.78, 5) is 19.8. The second-order valence-electron chi connectivity index (χ2n) is 8.62. The third kappa shape index (κ3) is 4.23. The fourth-order valence-corrected chi connectivity index (χ4v) is 5.46. The van der Waals surface area contributed by atoms with Gasteiger partial charge in [-0.15, -0.1) is 0 Å². The first-order valence-corrected chi connectivity index (χ1v) is 13.1. The molecule has 180 valence electrons. The smallest absolute Gasteiger partial charge is 0.238 e. The van der Waals surface area contributed by atoms with Crippen LogP contribution in [0.4, 0.5) is 0 Å². The summed E-state index contributed by atoms with van der Waals surface area (Å²) < 4.78 is 36.8. The number of aromatic nitrogens is 2. The molecule has 1 fully saturated rings. The average Bonchev–Trinajstić information content (AvgIpc) is 3.45. The largest absolute Gasteiger partial charge is 0.486 e. The van der Waals surface area contributed by atoms with Gasteiger partial charge in [-0.25, -0.2) is 18.5 Å². The van der Waals surface area contributed by atoms with Gasteiger partial charge in [-0.05, 0) is 55.7 Å². The molecule has 0 saturated carbocycles. The van der Waals surface area contributed by atoms with E-state index in [9.17, 15) is 13.2 Å². The lowest BCUT2D eigenvalue weighted by Gasteiger charge is -2.27. The Morgan fingerprint density at radius 1 is 1.15 bits per heavy atom. The van der Waals surface area contributed by atoms with Crippen molar-refractivity contribution in [2.75, 3.05) is 19.8 Å². The average molecular weight is 485 g/mol. The monoisotopic (exact) mass is 484 g/mol. The van der Waals surface area contributed by atoms with Gasteiger partial charge in [0.25, 0.3) is 0 Å². The number of imidazole rings is 1. The first-order chi connectivity index (χ1) is 16.3. The van der Waals surface area contributed by atoms with Crippen molar-refractivity contribution in [1.29, 1.82) is 0 Å². The van der Waals surface area contributed by atoms with E-state index < -0.39 is 10.0 Å². The first kappa shape index (κ1) is 22.7. The Kier molecular flexibility index (Phi) is 5.95. The standard InChI is InChI=1S/C24H28N4O5S/c1-2-27-20-7-6-17(34(25,30)31)15-18(20)26-23(27)9-10-24(29)28-11-3-4-19(28)16-5-8-21-22(14-16)33-13-12-32-21/h5-8,14-15,19H,2-4,9-13H2,1H3,(H2,25,30,31)/t19-/m0/s1. The van der Waals surface area contributed by atoms with Crippen molar-refractivity contribution in [2.24, 2.45) is 5.14 Å². The number of nitrogens with two attached hydrogens (primary N) is 1.